The number of nitrogens with zero attached hydrogens (tertiary/aromatic N) is 2. The van der Waals surface area contributed by atoms with Crippen LogP contribution in [0, 0.1) is 5.92 Å². The van der Waals surface area contributed by atoms with Crippen molar-refractivity contribution in [3.05, 3.63) is 6.07 Å². The number of nitrogens with one attached hydrogen (secondary N) is 2. The Bertz CT molecular complexity index is 444. The summed E-state index contributed by atoms with van der Waals surface area (Å²) in [5.41, 5.74) is 0. The van der Waals surface area contributed by atoms with E-state index in [9.17, 15) is 4.79 Å². The lowest BCUT2D eigenvalue weighted by Crippen LogP contribution is -2.39. The number of anilines is 1. The molecule has 0 spiro atoms. The smallest absolute Gasteiger partial charge is 0.244 e. The maximum atomic E-state index is 12.1. The van der Waals surface area contributed by atoms with Crippen LogP contribution in [0.3, 0.4) is 0 Å². The van der Waals surface area contributed by atoms with Gasteiger partial charge >= 0.3 is 0 Å². The predicted molar refractivity (Wildman–Crippen MR) is 69.3 cm³/mol. The van der Waals surface area contributed by atoms with Crippen LogP contribution in [0.5, 0.6) is 11.8 Å². The van der Waals surface area contributed by atoms with Crippen LogP contribution in [0.1, 0.15) is 13.3 Å². The molecule has 0 radical (unpaired) electrons. The van der Waals surface area contributed by atoms with Crippen molar-refractivity contribution in [2.45, 2.75) is 19.4 Å². The second-order valence-corrected chi connectivity index (χ2v) is 4.46. The number of ether oxygens (including phenoxy) is 2. The van der Waals surface area contributed by atoms with Crippen molar-refractivity contribution in [3.8, 4) is 11.8 Å². The second-order valence-electron chi connectivity index (χ2n) is 4.46. The van der Waals surface area contributed by atoms with Gasteiger partial charge in [0.05, 0.1) is 26.3 Å². The van der Waals surface area contributed by atoms with Crippen molar-refractivity contribution in [1.29, 1.82) is 0 Å². The maximum Gasteiger partial charge on any atom is 0.244 e. The fourth-order valence-corrected chi connectivity index (χ4v) is 2.04. The lowest BCUT2D eigenvalue weighted by Gasteiger charge is -2.15. The summed E-state index contributed by atoms with van der Waals surface area (Å²) >= 11 is 0. The molecule has 2 atom stereocenters. The molecule has 0 aromatic carbocycles. The van der Waals surface area contributed by atoms with E-state index in [1.807, 2.05) is 6.92 Å². The standard InChI is InChI=1S/C12H18N4O3/c1-7-4-5-13-10(7)11(17)16-12-14-8(18-2)6-9(15-12)19-3/h6-7,10,13H,4-5H2,1-3H3,(H,14,15,16,17). The molecular weight excluding hydrogens is 248 g/mol. The van der Waals surface area contributed by atoms with Gasteiger partial charge in [0.1, 0.15) is 0 Å². The first-order chi connectivity index (χ1) is 9.13. The molecule has 2 N–H and O–H groups in total. The van der Waals surface area contributed by atoms with E-state index < -0.39 is 0 Å². The van der Waals surface area contributed by atoms with Gasteiger partial charge in [-0.3, -0.25) is 10.1 Å². The second kappa shape index (κ2) is 5.83. The molecule has 19 heavy (non-hydrogen) atoms. The molecule has 1 aromatic heterocycles. The Kier molecular flexibility index (Phi) is 4.16. The molecule has 0 saturated carbocycles. The number of rotatable bonds is 4. The maximum absolute atomic E-state index is 12.1. The number of carbonyl (C=O) groups is 1. The summed E-state index contributed by atoms with van der Waals surface area (Å²) in [6.07, 6.45) is 0.986. The molecule has 1 aliphatic heterocycles. The Morgan fingerprint density at radius 2 is 2.00 bits per heavy atom. The zero-order valence-electron chi connectivity index (χ0n) is 11.3. The van der Waals surface area contributed by atoms with Gasteiger partial charge in [0.25, 0.3) is 0 Å². The van der Waals surface area contributed by atoms with E-state index in [4.69, 9.17) is 9.47 Å². The van der Waals surface area contributed by atoms with Gasteiger partial charge in [-0.2, -0.15) is 9.97 Å². The molecule has 7 nitrogen and oxygen atoms in total. The molecule has 1 aliphatic rings. The first kappa shape index (κ1) is 13.5. The molecule has 1 aromatic rings. The van der Waals surface area contributed by atoms with Gasteiger partial charge in [-0.25, -0.2) is 0 Å². The Hall–Kier alpha value is -1.89. The van der Waals surface area contributed by atoms with Crippen LogP contribution in [-0.4, -0.2) is 42.7 Å². The third-order valence-corrected chi connectivity index (χ3v) is 3.15. The SMILES string of the molecule is COc1cc(OC)nc(NC(=O)C2NCCC2C)n1. The van der Waals surface area contributed by atoms with Crippen molar-refractivity contribution in [2.75, 3.05) is 26.1 Å². The Morgan fingerprint density at radius 3 is 2.47 bits per heavy atom. The Balaban J connectivity index is 2.11. The lowest BCUT2D eigenvalue weighted by atomic mass is 10.0. The van der Waals surface area contributed by atoms with Gasteiger partial charge in [-0.1, -0.05) is 6.92 Å². The zero-order chi connectivity index (χ0) is 13.8. The van der Waals surface area contributed by atoms with Gasteiger partial charge < -0.3 is 14.8 Å². The molecule has 1 saturated heterocycles. The van der Waals surface area contributed by atoms with Crippen LogP contribution in [0.25, 0.3) is 0 Å². The quantitative estimate of drug-likeness (QED) is 0.822. The van der Waals surface area contributed by atoms with E-state index in [0.29, 0.717) is 17.7 Å². The topological polar surface area (TPSA) is 85.4 Å². The molecule has 2 heterocycles. The molecule has 7 heteroatoms. The largest absolute Gasteiger partial charge is 0.481 e. The van der Waals surface area contributed by atoms with Gasteiger partial charge in [0.15, 0.2) is 0 Å². The number of methoxy groups -OCH3 is 2. The first-order valence-corrected chi connectivity index (χ1v) is 6.15. The van der Waals surface area contributed by atoms with Crippen molar-refractivity contribution < 1.29 is 14.3 Å². The van der Waals surface area contributed by atoms with Crippen LogP contribution in [0.15, 0.2) is 6.07 Å². The summed E-state index contributed by atoms with van der Waals surface area (Å²) < 4.78 is 10.1. The lowest BCUT2D eigenvalue weighted by molar-refractivity contribution is -0.118. The molecular formula is C12H18N4O3. The van der Waals surface area contributed by atoms with Crippen molar-refractivity contribution in [3.63, 3.8) is 0 Å². The summed E-state index contributed by atoms with van der Waals surface area (Å²) in [6.45, 7) is 2.89. The molecule has 2 unspecified atom stereocenters. The summed E-state index contributed by atoms with van der Waals surface area (Å²) in [4.78, 5) is 20.2. The number of amides is 1. The van der Waals surface area contributed by atoms with Crippen molar-refractivity contribution in [1.82, 2.24) is 15.3 Å². The highest BCUT2D eigenvalue weighted by Gasteiger charge is 2.29. The summed E-state index contributed by atoms with van der Waals surface area (Å²) in [7, 11) is 2.99. The molecule has 104 valence electrons. The summed E-state index contributed by atoms with van der Waals surface area (Å²) in [5.74, 6) is 1.03. The average molecular weight is 266 g/mol. The summed E-state index contributed by atoms with van der Waals surface area (Å²) in [5, 5.41) is 5.83. The van der Waals surface area contributed by atoms with Crippen LogP contribution < -0.4 is 20.1 Å². The minimum absolute atomic E-state index is 0.139. The molecule has 0 bridgehead atoms. The number of hydrogen-bond acceptors (Lipinski definition) is 6. The fourth-order valence-electron chi connectivity index (χ4n) is 2.04. The highest BCUT2D eigenvalue weighted by Crippen LogP contribution is 2.19. The highest BCUT2D eigenvalue weighted by atomic mass is 16.5. The van der Waals surface area contributed by atoms with Gasteiger partial charge in [0, 0.05) is 0 Å². The number of carbonyl (C=O) groups excluding carboxylic acids is 1. The normalized spacial score (nSPS) is 22.1. The molecule has 0 aliphatic carbocycles. The van der Waals surface area contributed by atoms with Crippen LogP contribution >= 0.6 is 0 Å². The Labute approximate surface area is 111 Å². The van der Waals surface area contributed by atoms with Gasteiger partial charge in [-0.15, -0.1) is 0 Å². The van der Waals surface area contributed by atoms with E-state index in [1.54, 1.807) is 6.07 Å². The molecule has 2 rings (SSSR count). The molecule has 1 amide bonds. The third kappa shape index (κ3) is 3.11. The monoisotopic (exact) mass is 266 g/mol. The van der Waals surface area contributed by atoms with Crippen LogP contribution in [-0.2, 0) is 4.79 Å². The first-order valence-electron chi connectivity index (χ1n) is 6.15. The molecule has 1 fully saturated rings. The predicted octanol–water partition coefficient (Wildman–Crippen LogP) is 0.430. The number of hydrogen-bond donors (Lipinski definition) is 2. The van der Waals surface area contributed by atoms with E-state index >= 15 is 0 Å². The zero-order valence-corrected chi connectivity index (χ0v) is 11.3. The van der Waals surface area contributed by atoms with Gasteiger partial charge in [-0.05, 0) is 18.9 Å². The summed E-state index contributed by atoms with van der Waals surface area (Å²) in [6, 6.07) is 1.34. The van der Waals surface area contributed by atoms with E-state index in [2.05, 4.69) is 20.6 Å². The third-order valence-electron chi connectivity index (χ3n) is 3.15. The van der Waals surface area contributed by atoms with E-state index in [0.717, 1.165) is 13.0 Å². The minimum Gasteiger partial charge on any atom is -0.481 e. The van der Waals surface area contributed by atoms with Crippen LogP contribution in [0.4, 0.5) is 5.95 Å². The number of aromatic nitrogens is 2. The Morgan fingerprint density at radius 1 is 1.37 bits per heavy atom. The van der Waals surface area contributed by atoms with Gasteiger partial charge in [0.2, 0.25) is 23.6 Å². The van der Waals surface area contributed by atoms with E-state index in [1.165, 1.54) is 14.2 Å². The minimum atomic E-state index is -0.208. The van der Waals surface area contributed by atoms with Crippen molar-refractivity contribution in [2.24, 2.45) is 5.92 Å². The van der Waals surface area contributed by atoms with E-state index in [-0.39, 0.29) is 17.9 Å². The van der Waals surface area contributed by atoms with Crippen LogP contribution in [0.2, 0.25) is 0 Å². The highest BCUT2D eigenvalue weighted by molar-refractivity contribution is 5.93. The fraction of sp³-hybridized carbons (Fsp3) is 0.583. The average Bonchev–Trinajstić information content (AvgIpc) is 2.84. The van der Waals surface area contributed by atoms with Crippen molar-refractivity contribution >= 4 is 11.9 Å².